The van der Waals surface area contributed by atoms with Gasteiger partial charge in [-0.05, 0) is 12.8 Å². The first kappa shape index (κ1) is 8.29. The lowest BCUT2D eigenvalue weighted by atomic mass is 10.2. The summed E-state index contributed by atoms with van der Waals surface area (Å²) < 4.78 is 5.20. The van der Waals surface area contributed by atoms with Crippen molar-refractivity contribution in [2.45, 2.75) is 18.8 Å². The van der Waals surface area contributed by atoms with Gasteiger partial charge in [-0.1, -0.05) is 0 Å². The van der Waals surface area contributed by atoms with Gasteiger partial charge in [0, 0.05) is 20.0 Å². The van der Waals surface area contributed by atoms with Crippen LogP contribution in [0.1, 0.15) is 35.0 Å². The van der Waals surface area contributed by atoms with E-state index in [-0.39, 0.29) is 5.91 Å². The van der Waals surface area contributed by atoms with Gasteiger partial charge in [-0.3, -0.25) is 4.79 Å². The lowest BCUT2D eigenvalue weighted by Crippen LogP contribution is -2.23. The SMILES string of the molecule is CN(C)C(=O)c1ncoc1C1CC1. The summed E-state index contributed by atoms with van der Waals surface area (Å²) in [5.74, 6) is 1.12. The van der Waals surface area contributed by atoms with E-state index in [1.165, 1.54) is 11.3 Å². The third-order valence-electron chi connectivity index (χ3n) is 2.15. The Morgan fingerprint density at radius 3 is 2.85 bits per heavy atom. The van der Waals surface area contributed by atoms with Crippen LogP contribution in [0.25, 0.3) is 0 Å². The van der Waals surface area contributed by atoms with Gasteiger partial charge in [0.2, 0.25) is 0 Å². The summed E-state index contributed by atoms with van der Waals surface area (Å²) in [6.45, 7) is 0. The number of hydrogen-bond acceptors (Lipinski definition) is 3. The summed E-state index contributed by atoms with van der Waals surface area (Å²) in [6.07, 6.45) is 3.58. The molecule has 0 bridgehead atoms. The van der Waals surface area contributed by atoms with E-state index in [1.54, 1.807) is 14.1 Å². The molecule has 1 aromatic rings. The summed E-state index contributed by atoms with van der Waals surface area (Å²) in [5.41, 5.74) is 0.479. The second-order valence-corrected chi connectivity index (χ2v) is 3.54. The van der Waals surface area contributed by atoms with Crippen LogP contribution in [0.2, 0.25) is 0 Å². The Morgan fingerprint density at radius 1 is 1.62 bits per heavy atom. The van der Waals surface area contributed by atoms with Crippen molar-refractivity contribution in [2.75, 3.05) is 14.1 Å². The maximum atomic E-state index is 11.6. The van der Waals surface area contributed by atoms with E-state index < -0.39 is 0 Å². The van der Waals surface area contributed by atoms with Crippen LogP contribution in [-0.4, -0.2) is 29.9 Å². The van der Waals surface area contributed by atoms with E-state index in [0.717, 1.165) is 18.6 Å². The third kappa shape index (κ3) is 1.43. The van der Waals surface area contributed by atoms with Crippen molar-refractivity contribution in [1.82, 2.24) is 9.88 Å². The second-order valence-electron chi connectivity index (χ2n) is 3.54. The fraction of sp³-hybridized carbons (Fsp3) is 0.556. The first-order valence-corrected chi connectivity index (χ1v) is 4.35. The largest absolute Gasteiger partial charge is 0.447 e. The quantitative estimate of drug-likeness (QED) is 0.688. The topological polar surface area (TPSA) is 46.3 Å². The highest BCUT2D eigenvalue weighted by Crippen LogP contribution is 2.41. The molecular formula is C9H12N2O2. The summed E-state index contributed by atoms with van der Waals surface area (Å²) in [7, 11) is 3.43. The van der Waals surface area contributed by atoms with Crippen LogP contribution < -0.4 is 0 Å². The van der Waals surface area contributed by atoms with Crippen LogP contribution in [0, 0.1) is 0 Å². The number of carbonyl (C=O) groups is 1. The molecule has 0 aliphatic heterocycles. The maximum Gasteiger partial charge on any atom is 0.275 e. The van der Waals surface area contributed by atoms with E-state index in [2.05, 4.69) is 4.98 Å². The van der Waals surface area contributed by atoms with Gasteiger partial charge in [0.1, 0.15) is 5.76 Å². The molecule has 1 aliphatic carbocycles. The molecule has 70 valence electrons. The zero-order chi connectivity index (χ0) is 9.42. The second kappa shape index (κ2) is 2.87. The molecule has 0 N–H and O–H groups in total. The first-order chi connectivity index (χ1) is 6.20. The molecule has 0 saturated heterocycles. The zero-order valence-electron chi connectivity index (χ0n) is 7.78. The van der Waals surface area contributed by atoms with Crippen molar-refractivity contribution in [1.29, 1.82) is 0 Å². The van der Waals surface area contributed by atoms with Crippen molar-refractivity contribution in [3.8, 4) is 0 Å². The molecule has 1 heterocycles. The van der Waals surface area contributed by atoms with Gasteiger partial charge in [0.15, 0.2) is 12.1 Å². The van der Waals surface area contributed by atoms with Crippen molar-refractivity contribution >= 4 is 5.91 Å². The van der Waals surface area contributed by atoms with Crippen LogP contribution >= 0.6 is 0 Å². The number of amides is 1. The standard InChI is InChI=1S/C9H12N2O2/c1-11(2)9(12)7-8(6-3-4-6)13-5-10-7/h5-6H,3-4H2,1-2H3. The molecule has 2 rings (SSSR count). The lowest BCUT2D eigenvalue weighted by Gasteiger charge is -2.07. The molecule has 1 aliphatic rings. The van der Waals surface area contributed by atoms with Gasteiger partial charge >= 0.3 is 0 Å². The summed E-state index contributed by atoms with van der Waals surface area (Å²) in [5, 5.41) is 0. The number of nitrogens with zero attached hydrogens (tertiary/aromatic N) is 2. The van der Waals surface area contributed by atoms with Crippen LogP contribution in [0.5, 0.6) is 0 Å². The van der Waals surface area contributed by atoms with Crippen LogP contribution in [-0.2, 0) is 0 Å². The highest BCUT2D eigenvalue weighted by atomic mass is 16.3. The van der Waals surface area contributed by atoms with Gasteiger partial charge < -0.3 is 9.32 Å². The highest BCUT2D eigenvalue weighted by molar-refractivity contribution is 5.93. The van der Waals surface area contributed by atoms with Gasteiger partial charge in [-0.25, -0.2) is 4.98 Å². The zero-order valence-corrected chi connectivity index (χ0v) is 7.78. The van der Waals surface area contributed by atoms with Crippen molar-refractivity contribution < 1.29 is 9.21 Å². The monoisotopic (exact) mass is 180 g/mol. The Labute approximate surface area is 76.6 Å². The van der Waals surface area contributed by atoms with Gasteiger partial charge in [0.05, 0.1) is 0 Å². The average molecular weight is 180 g/mol. The molecular weight excluding hydrogens is 168 g/mol. The Morgan fingerprint density at radius 2 is 2.31 bits per heavy atom. The Hall–Kier alpha value is -1.32. The molecule has 4 nitrogen and oxygen atoms in total. The van der Waals surface area contributed by atoms with Crippen molar-refractivity contribution in [2.24, 2.45) is 0 Å². The number of oxazole rings is 1. The minimum Gasteiger partial charge on any atom is -0.447 e. The molecule has 1 fully saturated rings. The number of rotatable bonds is 2. The third-order valence-corrected chi connectivity index (χ3v) is 2.15. The molecule has 4 heteroatoms. The smallest absolute Gasteiger partial charge is 0.275 e. The van der Waals surface area contributed by atoms with Crippen LogP contribution in [0.15, 0.2) is 10.8 Å². The molecule has 0 atom stereocenters. The molecule has 1 aromatic heterocycles. The molecule has 0 aromatic carbocycles. The van der Waals surface area contributed by atoms with Crippen molar-refractivity contribution in [3.63, 3.8) is 0 Å². The Balaban J connectivity index is 2.28. The number of carbonyl (C=O) groups excluding carboxylic acids is 1. The summed E-state index contributed by atoms with van der Waals surface area (Å²) in [6, 6.07) is 0. The minimum atomic E-state index is -0.0735. The summed E-state index contributed by atoms with van der Waals surface area (Å²) >= 11 is 0. The van der Waals surface area contributed by atoms with E-state index in [9.17, 15) is 4.79 Å². The number of aromatic nitrogens is 1. The van der Waals surface area contributed by atoms with E-state index in [0.29, 0.717) is 11.6 Å². The molecule has 0 spiro atoms. The van der Waals surface area contributed by atoms with E-state index in [1.807, 2.05) is 0 Å². The van der Waals surface area contributed by atoms with E-state index in [4.69, 9.17) is 4.42 Å². The Kier molecular flexibility index (Phi) is 1.83. The molecule has 13 heavy (non-hydrogen) atoms. The normalized spacial score (nSPS) is 15.8. The van der Waals surface area contributed by atoms with Crippen LogP contribution in [0.4, 0.5) is 0 Å². The highest BCUT2D eigenvalue weighted by Gasteiger charge is 2.32. The van der Waals surface area contributed by atoms with E-state index >= 15 is 0 Å². The predicted molar refractivity (Wildman–Crippen MR) is 46.5 cm³/mol. The van der Waals surface area contributed by atoms with Gasteiger partial charge in [-0.15, -0.1) is 0 Å². The molecule has 0 unspecified atom stereocenters. The predicted octanol–water partition coefficient (Wildman–Crippen LogP) is 1.25. The maximum absolute atomic E-state index is 11.6. The Bertz CT molecular complexity index is 326. The summed E-state index contributed by atoms with van der Waals surface area (Å²) in [4.78, 5) is 17.0. The molecule has 1 amide bonds. The van der Waals surface area contributed by atoms with Gasteiger partial charge in [-0.2, -0.15) is 0 Å². The first-order valence-electron chi connectivity index (χ1n) is 4.35. The molecule has 0 radical (unpaired) electrons. The average Bonchev–Trinajstić information content (AvgIpc) is 2.83. The lowest BCUT2D eigenvalue weighted by molar-refractivity contribution is 0.0820. The van der Waals surface area contributed by atoms with Crippen molar-refractivity contribution in [3.05, 3.63) is 17.8 Å². The minimum absolute atomic E-state index is 0.0735. The number of hydrogen-bond donors (Lipinski definition) is 0. The van der Waals surface area contributed by atoms with Crippen LogP contribution in [0.3, 0.4) is 0 Å². The fourth-order valence-electron chi connectivity index (χ4n) is 1.26. The fourth-order valence-corrected chi connectivity index (χ4v) is 1.26. The van der Waals surface area contributed by atoms with Gasteiger partial charge in [0.25, 0.3) is 5.91 Å². The molecule has 1 saturated carbocycles.